The Hall–Kier alpha value is -2.17. The monoisotopic (exact) mass is 329 g/mol. The van der Waals surface area contributed by atoms with Gasteiger partial charge in [-0.2, -0.15) is 0 Å². The van der Waals surface area contributed by atoms with E-state index < -0.39 is 0 Å². The number of ketones is 1. The number of fused-ring (bicyclic) bond motifs is 2. The second kappa shape index (κ2) is 7.16. The second-order valence-electron chi connectivity index (χ2n) is 6.68. The Morgan fingerprint density at radius 2 is 1.75 bits per heavy atom. The number of Topliss-reactive ketones (excluding diaryl/α,β-unsaturated/α-hetero) is 1. The normalized spacial score (nSPS) is 25.9. The fourth-order valence-corrected chi connectivity index (χ4v) is 3.84. The molecule has 3 rings (SSSR count). The van der Waals surface area contributed by atoms with Gasteiger partial charge in [-0.05, 0) is 56.9 Å². The van der Waals surface area contributed by atoms with Crippen LogP contribution in [0.25, 0.3) is 0 Å². The smallest absolute Gasteiger partial charge is 0.338 e. The molecule has 2 atom stereocenters. The van der Waals surface area contributed by atoms with Gasteiger partial charge >= 0.3 is 5.97 Å². The Bertz CT molecular complexity index is 621. The van der Waals surface area contributed by atoms with Gasteiger partial charge in [-0.3, -0.25) is 9.59 Å². The summed E-state index contributed by atoms with van der Waals surface area (Å²) in [6, 6.07) is 6.71. The highest BCUT2D eigenvalue weighted by Gasteiger charge is 2.41. The van der Waals surface area contributed by atoms with Crippen LogP contribution in [0.4, 0.5) is 5.69 Å². The molecule has 2 saturated carbocycles. The summed E-state index contributed by atoms with van der Waals surface area (Å²) in [6.07, 6.45) is 4.29. The summed E-state index contributed by atoms with van der Waals surface area (Å²) in [5.74, 6) is 0.0167. The lowest BCUT2D eigenvalue weighted by atomic mass is 9.67. The van der Waals surface area contributed by atoms with Crippen molar-refractivity contribution in [1.29, 1.82) is 0 Å². The molecule has 1 aromatic carbocycles. The molecule has 5 nitrogen and oxygen atoms in total. The Morgan fingerprint density at radius 1 is 1.12 bits per heavy atom. The van der Waals surface area contributed by atoms with Gasteiger partial charge in [0, 0.05) is 23.4 Å². The van der Waals surface area contributed by atoms with E-state index in [1.807, 2.05) is 0 Å². The maximum Gasteiger partial charge on any atom is 0.338 e. The van der Waals surface area contributed by atoms with Gasteiger partial charge in [0.1, 0.15) is 5.78 Å². The van der Waals surface area contributed by atoms with Gasteiger partial charge in [-0.15, -0.1) is 0 Å². The number of amides is 1. The van der Waals surface area contributed by atoms with E-state index in [1.54, 1.807) is 31.2 Å². The summed E-state index contributed by atoms with van der Waals surface area (Å²) in [5.41, 5.74) is 1.13. The van der Waals surface area contributed by atoms with E-state index in [4.69, 9.17) is 4.74 Å². The Balaban J connectivity index is 1.61. The van der Waals surface area contributed by atoms with Crippen molar-refractivity contribution in [3.8, 4) is 0 Å². The fraction of sp³-hybridized carbons (Fsp3) is 0.526. The minimum Gasteiger partial charge on any atom is -0.462 e. The Morgan fingerprint density at radius 3 is 2.33 bits per heavy atom. The predicted octanol–water partition coefficient (Wildman–Crippen LogP) is 3.20. The first-order chi connectivity index (χ1) is 11.6. The lowest BCUT2D eigenvalue weighted by molar-refractivity contribution is -0.136. The zero-order valence-corrected chi connectivity index (χ0v) is 13.9. The topological polar surface area (TPSA) is 72.5 Å². The average molecular weight is 329 g/mol. The van der Waals surface area contributed by atoms with Crippen molar-refractivity contribution in [2.75, 3.05) is 11.9 Å². The number of benzene rings is 1. The SMILES string of the molecule is CCOC(=O)c1ccc(NC(=O)C2C[C@H]3CCC[C@H](C2)C3=O)cc1. The van der Waals surface area contributed by atoms with E-state index in [-0.39, 0.29) is 29.6 Å². The minimum absolute atomic E-state index is 0.0247. The van der Waals surface area contributed by atoms with E-state index >= 15 is 0 Å². The molecule has 0 aliphatic heterocycles. The Kier molecular flexibility index (Phi) is 4.97. The standard InChI is InChI=1S/C19H23NO4/c1-2-24-19(23)12-6-8-16(9-7-12)20-18(22)15-10-13-4-3-5-14(11-15)17(13)21/h6-9,13-15H,2-5,10-11H2,1H3,(H,20,22)/t13-,14-/m1/s1. The van der Waals surface area contributed by atoms with Crippen LogP contribution in [-0.2, 0) is 14.3 Å². The van der Waals surface area contributed by atoms with Crippen LogP contribution in [0.1, 0.15) is 49.4 Å². The summed E-state index contributed by atoms with van der Waals surface area (Å²) in [7, 11) is 0. The maximum atomic E-state index is 12.5. The first kappa shape index (κ1) is 16.7. The van der Waals surface area contributed by atoms with Crippen LogP contribution < -0.4 is 5.32 Å². The van der Waals surface area contributed by atoms with Crippen LogP contribution in [-0.4, -0.2) is 24.3 Å². The van der Waals surface area contributed by atoms with E-state index in [2.05, 4.69) is 5.32 Å². The van der Waals surface area contributed by atoms with Crippen molar-refractivity contribution in [2.45, 2.75) is 39.0 Å². The lowest BCUT2D eigenvalue weighted by Gasteiger charge is -2.36. The highest BCUT2D eigenvalue weighted by atomic mass is 16.5. The number of hydrogen-bond donors (Lipinski definition) is 1. The molecule has 1 N–H and O–H groups in total. The molecule has 24 heavy (non-hydrogen) atoms. The van der Waals surface area contributed by atoms with Crippen LogP contribution in [0.3, 0.4) is 0 Å². The zero-order valence-electron chi connectivity index (χ0n) is 13.9. The number of nitrogens with one attached hydrogen (secondary N) is 1. The molecule has 0 heterocycles. The summed E-state index contributed by atoms with van der Waals surface area (Å²) in [4.78, 5) is 36.3. The molecular formula is C19H23NO4. The first-order valence-electron chi connectivity index (χ1n) is 8.70. The molecule has 1 amide bonds. The van der Waals surface area contributed by atoms with Crippen molar-refractivity contribution in [3.05, 3.63) is 29.8 Å². The van der Waals surface area contributed by atoms with Gasteiger partial charge in [0.2, 0.25) is 5.91 Å². The summed E-state index contributed by atoms with van der Waals surface area (Å²) in [5, 5.41) is 2.91. The number of carbonyl (C=O) groups excluding carboxylic acids is 3. The van der Waals surface area contributed by atoms with E-state index in [9.17, 15) is 14.4 Å². The maximum absolute atomic E-state index is 12.5. The predicted molar refractivity (Wildman–Crippen MR) is 89.6 cm³/mol. The number of ether oxygens (including phenoxy) is 1. The van der Waals surface area contributed by atoms with Crippen molar-refractivity contribution < 1.29 is 19.1 Å². The third kappa shape index (κ3) is 3.50. The molecule has 0 saturated heterocycles. The molecular weight excluding hydrogens is 306 g/mol. The van der Waals surface area contributed by atoms with Gasteiger partial charge in [0.15, 0.2) is 0 Å². The molecule has 2 fully saturated rings. The molecule has 128 valence electrons. The number of esters is 1. The molecule has 0 unspecified atom stereocenters. The van der Waals surface area contributed by atoms with Crippen molar-refractivity contribution in [1.82, 2.24) is 0 Å². The molecule has 0 radical (unpaired) electrons. The van der Waals surface area contributed by atoms with Gasteiger partial charge in [0.25, 0.3) is 0 Å². The lowest BCUT2D eigenvalue weighted by Crippen LogP contribution is -2.40. The summed E-state index contributed by atoms with van der Waals surface area (Å²) in [6.45, 7) is 2.09. The number of rotatable bonds is 4. The summed E-state index contributed by atoms with van der Waals surface area (Å²) < 4.78 is 4.94. The van der Waals surface area contributed by atoms with E-state index in [0.29, 0.717) is 36.5 Å². The average Bonchev–Trinajstić information content (AvgIpc) is 2.55. The molecule has 2 aliphatic carbocycles. The molecule has 0 aromatic heterocycles. The third-order valence-corrected chi connectivity index (χ3v) is 5.08. The first-order valence-corrected chi connectivity index (χ1v) is 8.70. The van der Waals surface area contributed by atoms with Gasteiger partial charge in [0.05, 0.1) is 12.2 Å². The second-order valence-corrected chi connectivity index (χ2v) is 6.68. The number of anilines is 1. The van der Waals surface area contributed by atoms with Crippen molar-refractivity contribution >= 4 is 23.3 Å². The van der Waals surface area contributed by atoms with E-state index in [1.165, 1.54) is 0 Å². The molecule has 2 bridgehead atoms. The number of hydrogen-bond acceptors (Lipinski definition) is 4. The van der Waals surface area contributed by atoms with Gasteiger partial charge in [-0.25, -0.2) is 4.79 Å². The minimum atomic E-state index is -0.367. The van der Waals surface area contributed by atoms with Crippen LogP contribution >= 0.6 is 0 Å². The molecule has 0 spiro atoms. The van der Waals surface area contributed by atoms with Crippen molar-refractivity contribution in [2.24, 2.45) is 17.8 Å². The van der Waals surface area contributed by atoms with Crippen LogP contribution in [0, 0.1) is 17.8 Å². The summed E-state index contributed by atoms with van der Waals surface area (Å²) >= 11 is 0. The molecule has 2 aliphatic rings. The highest BCUT2D eigenvalue weighted by molar-refractivity contribution is 5.96. The van der Waals surface area contributed by atoms with Gasteiger partial charge < -0.3 is 10.1 Å². The zero-order chi connectivity index (χ0) is 17.1. The molecule has 1 aromatic rings. The van der Waals surface area contributed by atoms with Crippen LogP contribution in [0.15, 0.2) is 24.3 Å². The van der Waals surface area contributed by atoms with E-state index in [0.717, 1.165) is 19.3 Å². The van der Waals surface area contributed by atoms with Crippen molar-refractivity contribution in [3.63, 3.8) is 0 Å². The Labute approximate surface area is 141 Å². The fourth-order valence-electron chi connectivity index (χ4n) is 3.84. The quantitative estimate of drug-likeness (QED) is 0.861. The number of carbonyl (C=O) groups is 3. The van der Waals surface area contributed by atoms with Crippen LogP contribution in [0.2, 0.25) is 0 Å². The largest absolute Gasteiger partial charge is 0.462 e. The van der Waals surface area contributed by atoms with Crippen LogP contribution in [0.5, 0.6) is 0 Å². The third-order valence-electron chi connectivity index (χ3n) is 5.08. The van der Waals surface area contributed by atoms with Gasteiger partial charge in [-0.1, -0.05) is 6.42 Å². The molecule has 5 heteroatoms. The highest BCUT2D eigenvalue weighted by Crippen LogP contribution is 2.40.